The van der Waals surface area contributed by atoms with Crippen molar-refractivity contribution in [2.24, 2.45) is 5.92 Å². The number of amides is 1. The number of pyridine rings is 1. The van der Waals surface area contributed by atoms with Crippen molar-refractivity contribution in [3.05, 3.63) is 18.3 Å². The van der Waals surface area contributed by atoms with Crippen molar-refractivity contribution in [1.82, 2.24) is 9.88 Å². The number of hydrogen-bond donors (Lipinski definition) is 2. The van der Waals surface area contributed by atoms with Crippen molar-refractivity contribution in [3.63, 3.8) is 0 Å². The molecule has 6 nitrogen and oxygen atoms in total. The van der Waals surface area contributed by atoms with E-state index < -0.39 is 6.09 Å². The molecule has 0 radical (unpaired) electrons. The van der Waals surface area contributed by atoms with Crippen LogP contribution in [0.1, 0.15) is 12.8 Å². The van der Waals surface area contributed by atoms with E-state index in [2.05, 4.69) is 10.3 Å². The summed E-state index contributed by atoms with van der Waals surface area (Å²) >= 11 is 0. The van der Waals surface area contributed by atoms with Crippen LogP contribution in [-0.4, -0.2) is 46.8 Å². The standard InChI is InChI=1S/C13H17N3O3/c1-19-9-2-3-12(14-6-9)15-10-4-8-5-11(10)16(7-8)13(17)18/h2-3,6,8,10-11H,4-5,7H2,1H3,(H,14,15)(H,17,18). The zero-order valence-corrected chi connectivity index (χ0v) is 10.7. The van der Waals surface area contributed by atoms with Gasteiger partial charge in [0.15, 0.2) is 0 Å². The summed E-state index contributed by atoms with van der Waals surface area (Å²) in [6.07, 6.45) is 2.81. The van der Waals surface area contributed by atoms with Crippen LogP contribution in [-0.2, 0) is 0 Å². The summed E-state index contributed by atoms with van der Waals surface area (Å²) in [6.45, 7) is 0.675. The summed E-state index contributed by atoms with van der Waals surface area (Å²) in [5.74, 6) is 1.96. The van der Waals surface area contributed by atoms with Crippen molar-refractivity contribution >= 4 is 11.9 Å². The Morgan fingerprint density at radius 3 is 2.95 bits per heavy atom. The summed E-state index contributed by atoms with van der Waals surface area (Å²) < 4.78 is 5.06. The van der Waals surface area contributed by atoms with Crippen molar-refractivity contribution in [1.29, 1.82) is 0 Å². The second-order valence-electron chi connectivity index (χ2n) is 5.17. The quantitative estimate of drug-likeness (QED) is 0.867. The fourth-order valence-corrected chi connectivity index (χ4v) is 3.18. The van der Waals surface area contributed by atoms with Crippen LogP contribution in [0.3, 0.4) is 0 Å². The molecule has 1 aromatic heterocycles. The number of nitrogens with one attached hydrogen (secondary N) is 1. The Hall–Kier alpha value is -1.98. The molecule has 3 atom stereocenters. The van der Waals surface area contributed by atoms with Gasteiger partial charge in [-0.25, -0.2) is 9.78 Å². The van der Waals surface area contributed by atoms with Crippen LogP contribution in [0.15, 0.2) is 18.3 Å². The van der Waals surface area contributed by atoms with E-state index in [0.29, 0.717) is 18.2 Å². The molecule has 2 bridgehead atoms. The molecule has 0 aromatic carbocycles. The number of hydrogen-bond acceptors (Lipinski definition) is 4. The van der Waals surface area contributed by atoms with Crippen LogP contribution in [0.4, 0.5) is 10.6 Å². The molecular formula is C13H17N3O3. The molecule has 2 fully saturated rings. The highest BCUT2D eigenvalue weighted by molar-refractivity contribution is 5.66. The monoisotopic (exact) mass is 263 g/mol. The van der Waals surface area contributed by atoms with Crippen LogP contribution >= 0.6 is 0 Å². The number of fused-ring (bicyclic) bond motifs is 2. The Labute approximate surface area is 111 Å². The SMILES string of the molecule is COc1ccc(NC2CC3CC2N(C(=O)O)C3)nc1. The van der Waals surface area contributed by atoms with Crippen LogP contribution in [0, 0.1) is 5.92 Å². The average Bonchev–Trinajstić information content (AvgIpc) is 2.99. The molecule has 1 aliphatic heterocycles. The van der Waals surface area contributed by atoms with E-state index in [1.54, 1.807) is 18.2 Å². The minimum atomic E-state index is -0.818. The summed E-state index contributed by atoms with van der Waals surface area (Å²) in [6, 6.07) is 3.94. The third-order valence-electron chi connectivity index (χ3n) is 4.03. The van der Waals surface area contributed by atoms with E-state index >= 15 is 0 Å². The lowest BCUT2D eigenvalue weighted by atomic mass is 10.1. The second-order valence-corrected chi connectivity index (χ2v) is 5.17. The van der Waals surface area contributed by atoms with Gasteiger partial charge in [0, 0.05) is 12.6 Å². The van der Waals surface area contributed by atoms with Gasteiger partial charge in [0.25, 0.3) is 0 Å². The van der Waals surface area contributed by atoms with Gasteiger partial charge in [0.05, 0.1) is 19.3 Å². The zero-order chi connectivity index (χ0) is 13.4. The van der Waals surface area contributed by atoms with Crippen LogP contribution in [0.5, 0.6) is 5.75 Å². The molecule has 2 N–H and O–H groups in total. The normalized spacial score (nSPS) is 28.5. The van der Waals surface area contributed by atoms with Crippen molar-refractivity contribution < 1.29 is 14.6 Å². The number of methoxy groups -OCH3 is 1. The largest absolute Gasteiger partial charge is 0.495 e. The average molecular weight is 263 g/mol. The topological polar surface area (TPSA) is 74.7 Å². The molecule has 1 amide bonds. The molecule has 19 heavy (non-hydrogen) atoms. The predicted octanol–water partition coefficient (Wildman–Crippen LogP) is 1.64. The lowest BCUT2D eigenvalue weighted by molar-refractivity contribution is 0.127. The molecule has 102 valence electrons. The molecule has 3 rings (SSSR count). The second kappa shape index (κ2) is 4.60. The first-order valence-electron chi connectivity index (χ1n) is 6.43. The number of carboxylic acid groups (broad SMARTS) is 1. The lowest BCUT2D eigenvalue weighted by Gasteiger charge is -2.31. The van der Waals surface area contributed by atoms with Crippen LogP contribution < -0.4 is 10.1 Å². The van der Waals surface area contributed by atoms with Gasteiger partial charge >= 0.3 is 6.09 Å². The third-order valence-corrected chi connectivity index (χ3v) is 4.03. The minimum Gasteiger partial charge on any atom is -0.495 e. The highest BCUT2D eigenvalue weighted by Gasteiger charge is 2.47. The number of nitrogens with zero attached hydrogens (tertiary/aromatic N) is 2. The van der Waals surface area contributed by atoms with Crippen molar-refractivity contribution in [2.75, 3.05) is 19.0 Å². The molecular weight excluding hydrogens is 246 g/mol. The fourth-order valence-electron chi connectivity index (χ4n) is 3.18. The molecule has 1 aromatic rings. The highest BCUT2D eigenvalue weighted by atomic mass is 16.5. The molecule has 2 aliphatic rings. The maximum atomic E-state index is 11.1. The highest BCUT2D eigenvalue weighted by Crippen LogP contribution is 2.39. The first kappa shape index (κ1) is 12.1. The Morgan fingerprint density at radius 2 is 2.37 bits per heavy atom. The van der Waals surface area contributed by atoms with Gasteiger partial charge < -0.3 is 20.1 Å². The molecule has 1 saturated carbocycles. The van der Waals surface area contributed by atoms with Gasteiger partial charge in [-0.3, -0.25) is 0 Å². The van der Waals surface area contributed by atoms with Gasteiger partial charge in [-0.2, -0.15) is 0 Å². The number of likely N-dealkylation sites (tertiary alicyclic amines) is 1. The van der Waals surface area contributed by atoms with Gasteiger partial charge in [-0.05, 0) is 30.9 Å². The van der Waals surface area contributed by atoms with Crippen molar-refractivity contribution in [2.45, 2.75) is 24.9 Å². The first-order valence-corrected chi connectivity index (χ1v) is 6.43. The Bertz CT molecular complexity index is 477. The Morgan fingerprint density at radius 1 is 1.53 bits per heavy atom. The van der Waals surface area contributed by atoms with Crippen molar-refractivity contribution in [3.8, 4) is 5.75 Å². The lowest BCUT2D eigenvalue weighted by Crippen LogP contribution is -2.47. The number of piperidine rings is 1. The van der Waals surface area contributed by atoms with Gasteiger partial charge in [0.2, 0.25) is 0 Å². The van der Waals surface area contributed by atoms with E-state index in [0.717, 1.165) is 18.7 Å². The van der Waals surface area contributed by atoms with Gasteiger partial charge in [0.1, 0.15) is 11.6 Å². The number of ether oxygens (including phenoxy) is 1. The molecule has 3 unspecified atom stereocenters. The van der Waals surface area contributed by atoms with Gasteiger partial charge in [-0.1, -0.05) is 0 Å². The minimum absolute atomic E-state index is 0.0754. The number of carbonyl (C=O) groups is 1. The van der Waals surface area contributed by atoms with Crippen LogP contribution in [0.25, 0.3) is 0 Å². The zero-order valence-electron chi connectivity index (χ0n) is 10.7. The Kier molecular flexibility index (Phi) is 2.93. The summed E-state index contributed by atoms with van der Waals surface area (Å²) in [4.78, 5) is 17.0. The predicted molar refractivity (Wildman–Crippen MR) is 69.4 cm³/mol. The Balaban J connectivity index is 1.68. The number of rotatable bonds is 3. The number of aromatic nitrogens is 1. The first-order chi connectivity index (χ1) is 9.17. The van der Waals surface area contributed by atoms with Crippen LogP contribution in [0.2, 0.25) is 0 Å². The smallest absolute Gasteiger partial charge is 0.407 e. The summed E-state index contributed by atoms with van der Waals surface area (Å²) in [5, 5.41) is 12.5. The number of anilines is 1. The molecule has 1 saturated heterocycles. The third kappa shape index (κ3) is 2.18. The maximum Gasteiger partial charge on any atom is 0.407 e. The molecule has 0 spiro atoms. The molecule has 1 aliphatic carbocycles. The van der Waals surface area contributed by atoms with E-state index in [1.165, 1.54) is 0 Å². The molecule has 2 heterocycles. The van der Waals surface area contributed by atoms with E-state index in [1.807, 2.05) is 12.1 Å². The van der Waals surface area contributed by atoms with E-state index in [9.17, 15) is 4.79 Å². The maximum absolute atomic E-state index is 11.1. The molecule has 6 heteroatoms. The fraction of sp³-hybridized carbons (Fsp3) is 0.538. The van der Waals surface area contributed by atoms with Gasteiger partial charge in [-0.15, -0.1) is 0 Å². The van der Waals surface area contributed by atoms with E-state index in [-0.39, 0.29) is 12.1 Å². The van der Waals surface area contributed by atoms with E-state index in [4.69, 9.17) is 9.84 Å². The summed E-state index contributed by atoms with van der Waals surface area (Å²) in [7, 11) is 1.60. The summed E-state index contributed by atoms with van der Waals surface area (Å²) in [5.41, 5.74) is 0.